The highest BCUT2D eigenvalue weighted by molar-refractivity contribution is 5.25. The molecular formula is C16H21N3. The number of benzene rings is 1. The molecule has 1 heterocycles. The maximum atomic E-state index is 5.72. The molecule has 0 amide bonds. The molecule has 2 rings (SSSR count). The minimum Gasteiger partial charge on any atom is -0.329 e. The highest BCUT2D eigenvalue weighted by atomic mass is 15.1. The quantitative estimate of drug-likeness (QED) is 0.861. The van der Waals surface area contributed by atoms with Crippen molar-refractivity contribution in [2.45, 2.75) is 20.0 Å². The predicted molar refractivity (Wildman–Crippen MR) is 78.6 cm³/mol. The van der Waals surface area contributed by atoms with E-state index in [-0.39, 0.29) is 0 Å². The molecule has 1 aromatic heterocycles. The second kappa shape index (κ2) is 7.02. The van der Waals surface area contributed by atoms with Crippen LogP contribution in [0.15, 0.2) is 48.8 Å². The zero-order chi connectivity index (χ0) is 13.5. The lowest BCUT2D eigenvalue weighted by molar-refractivity contribution is 0.264. The smallest absolute Gasteiger partial charge is 0.0271 e. The average Bonchev–Trinajstić information content (AvgIpc) is 2.43. The molecule has 0 atom stereocenters. The van der Waals surface area contributed by atoms with Crippen molar-refractivity contribution in [2.75, 3.05) is 13.1 Å². The summed E-state index contributed by atoms with van der Waals surface area (Å²) in [6, 6.07) is 12.6. The van der Waals surface area contributed by atoms with E-state index in [1.54, 1.807) is 0 Å². The van der Waals surface area contributed by atoms with Crippen molar-refractivity contribution in [2.24, 2.45) is 5.73 Å². The van der Waals surface area contributed by atoms with E-state index < -0.39 is 0 Å². The van der Waals surface area contributed by atoms with Crippen molar-refractivity contribution < 1.29 is 0 Å². The Morgan fingerprint density at radius 1 is 1.05 bits per heavy atom. The molecule has 100 valence electrons. The van der Waals surface area contributed by atoms with E-state index in [0.717, 1.165) is 19.6 Å². The number of aromatic nitrogens is 1. The maximum Gasteiger partial charge on any atom is 0.0271 e. The van der Waals surface area contributed by atoms with Gasteiger partial charge in [0.15, 0.2) is 0 Å². The number of rotatable bonds is 6. The van der Waals surface area contributed by atoms with Crippen LogP contribution >= 0.6 is 0 Å². The third kappa shape index (κ3) is 4.16. The van der Waals surface area contributed by atoms with E-state index >= 15 is 0 Å². The highest BCUT2D eigenvalue weighted by Crippen LogP contribution is 2.12. The first-order valence-corrected chi connectivity index (χ1v) is 6.65. The van der Waals surface area contributed by atoms with Crippen LogP contribution in [-0.2, 0) is 13.1 Å². The fourth-order valence-electron chi connectivity index (χ4n) is 2.17. The van der Waals surface area contributed by atoms with Crippen LogP contribution in [0.2, 0.25) is 0 Å². The van der Waals surface area contributed by atoms with E-state index in [9.17, 15) is 0 Å². The SMILES string of the molecule is Cc1ccccc1CN(CCN)Cc1ccncc1. The van der Waals surface area contributed by atoms with Gasteiger partial charge in [-0.25, -0.2) is 0 Å². The molecule has 0 radical (unpaired) electrons. The minimum atomic E-state index is 0.678. The molecule has 2 aromatic rings. The van der Waals surface area contributed by atoms with Crippen LogP contribution in [-0.4, -0.2) is 23.0 Å². The van der Waals surface area contributed by atoms with Gasteiger partial charge in [0, 0.05) is 38.6 Å². The summed E-state index contributed by atoms with van der Waals surface area (Å²) in [4.78, 5) is 6.43. The van der Waals surface area contributed by atoms with E-state index in [1.807, 2.05) is 12.4 Å². The van der Waals surface area contributed by atoms with Gasteiger partial charge in [-0.3, -0.25) is 9.88 Å². The summed E-state index contributed by atoms with van der Waals surface area (Å²) in [5, 5.41) is 0. The van der Waals surface area contributed by atoms with Gasteiger partial charge >= 0.3 is 0 Å². The Morgan fingerprint density at radius 3 is 2.47 bits per heavy atom. The predicted octanol–water partition coefficient (Wildman–Crippen LogP) is 2.35. The second-order valence-electron chi connectivity index (χ2n) is 4.78. The summed E-state index contributed by atoms with van der Waals surface area (Å²) in [6.07, 6.45) is 3.67. The molecule has 1 aromatic carbocycles. The van der Waals surface area contributed by atoms with Gasteiger partial charge in [-0.05, 0) is 35.7 Å². The summed E-state index contributed by atoms with van der Waals surface area (Å²) in [5.74, 6) is 0. The molecule has 0 aliphatic carbocycles. The average molecular weight is 255 g/mol. The molecule has 0 unspecified atom stereocenters. The Hall–Kier alpha value is -1.71. The highest BCUT2D eigenvalue weighted by Gasteiger charge is 2.07. The molecule has 2 N–H and O–H groups in total. The molecule has 0 saturated carbocycles. The van der Waals surface area contributed by atoms with Crippen LogP contribution < -0.4 is 5.73 Å². The second-order valence-corrected chi connectivity index (χ2v) is 4.78. The number of nitrogens with zero attached hydrogens (tertiary/aromatic N) is 2. The lowest BCUT2D eigenvalue weighted by Crippen LogP contribution is -2.29. The summed E-state index contributed by atoms with van der Waals surface area (Å²) < 4.78 is 0. The zero-order valence-electron chi connectivity index (χ0n) is 11.4. The fourth-order valence-corrected chi connectivity index (χ4v) is 2.17. The van der Waals surface area contributed by atoms with Crippen molar-refractivity contribution in [3.05, 3.63) is 65.5 Å². The van der Waals surface area contributed by atoms with Crippen LogP contribution in [0.4, 0.5) is 0 Å². The van der Waals surface area contributed by atoms with Crippen LogP contribution in [0.1, 0.15) is 16.7 Å². The molecule has 0 bridgehead atoms. The van der Waals surface area contributed by atoms with E-state index in [2.05, 4.69) is 53.2 Å². The van der Waals surface area contributed by atoms with Gasteiger partial charge in [0.1, 0.15) is 0 Å². The first kappa shape index (κ1) is 13.7. The van der Waals surface area contributed by atoms with Crippen molar-refractivity contribution in [1.82, 2.24) is 9.88 Å². The summed E-state index contributed by atoms with van der Waals surface area (Å²) >= 11 is 0. The molecule has 3 nitrogen and oxygen atoms in total. The fraction of sp³-hybridized carbons (Fsp3) is 0.312. The first-order chi connectivity index (χ1) is 9.29. The molecular weight excluding hydrogens is 234 g/mol. The Labute approximate surface area is 115 Å². The van der Waals surface area contributed by atoms with Gasteiger partial charge < -0.3 is 5.73 Å². The van der Waals surface area contributed by atoms with E-state index in [4.69, 9.17) is 5.73 Å². The Kier molecular flexibility index (Phi) is 5.07. The third-order valence-corrected chi connectivity index (χ3v) is 3.26. The van der Waals surface area contributed by atoms with Gasteiger partial charge in [0.25, 0.3) is 0 Å². The van der Waals surface area contributed by atoms with Gasteiger partial charge in [-0.15, -0.1) is 0 Å². The van der Waals surface area contributed by atoms with Gasteiger partial charge in [0.05, 0.1) is 0 Å². The normalized spacial score (nSPS) is 10.9. The lowest BCUT2D eigenvalue weighted by atomic mass is 10.1. The van der Waals surface area contributed by atoms with E-state index in [1.165, 1.54) is 16.7 Å². The topological polar surface area (TPSA) is 42.1 Å². The number of hydrogen-bond acceptors (Lipinski definition) is 3. The summed E-state index contributed by atoms with van der Waals surface area (Å²) in [5.41, 5.74) is 9.69. The van der Waals surface area contributed by atoms with Crippen molar-refractivity contribution in [3.63, 3.8) is 0 Å². The molecule has 0 saturated heterocycles. The molecule has 3 heteroatoms. The zero-order valence-corrected chi connectivity index (χ0v) is 11.4. The number of pyridine rings is 1. The monoisotopic (exact) mass is 255 g/mol. The lowest BCUT2D eigenvalue weighted by Gasteiger charge is -2.22. The Balaban J connectivity index is 2.06. The Morgan fingerprint density at radius 2 is 1.79 bits per heavy atom. The number of nitrogens with two attached hydrogens (primary N) is 1. The number of aryl methyl sites for hydroxylation is 1. The maximum absolute atomic E-state index is 5.72. The molecule has 0 fully saturated rings. The standard InChI is InChI=1S/C16H21N3/c1-14-4-2-3-5-16(14)13-19(11-8-17)12-15-6-9-18-10-7-15/h2-7,9-10H,8,11-13,17H2,1H3. The van der Waals surface area contributed by atoms with Crippen LogP contribution in [0.5, 0.6) is 0 Å². The van der Waals surface area contributed by atoms with Gasteiger partial charge in [-0.2, -0.15) is 0 Å². The third-order valence-electron chi connectivity index (χ3n) is 3.26. The van der Waals surface area contributed by atoms with Crippen LogP contribution in [0, 0.1) is 6.92 Å². The Bertz CT molecular complexity index is 496. The summed E-state index contributed by atoms with van der Waals surface area (Å²) in [7, 11) is 0. The molecule has 0 spiro atoms. The minimum absolute atomic E-state index is 0.678. The summed E-state index contributed by atoms with van der Waals surface area (Å²) in [6.45, 7) is 5.58. The molecule has 0 aliphatic heterocycles. The van der Waals surface area contributed by atoms with Crippen LogP contribution in [0.3, 0.4) is 0 Å². The first-order valence-electron chi connectivity index (χ1n) is 6.65. The van der Waals surface area contributed by atoms with Crippen molar-refractivity contribution in [3.8, 4) is 0 Å². The van der Waals surface area contributed by atoms with Crippen molar-refractivity contribution >= 4 is 0 Å². The largest absolute Gasteiger partial charge is 0.329 e. The van der Waals surface area contributed by atoms with Crippen molar-refractivity contribution in [1.29, 1.82) is 0 Å². The van der Waals surface area contributed by atoms with Gasteiger partial charge in [0.2, 0.25) is 0 Å². The van der Waals surface area contributed by atoms with Crippen LogP contribution in [0.25, 0.3) is 0 Å². The molecule has 0 aliphatic rings. The number of hydrogen-bond donors (Lipinski definition) is 1. The van der Waals surface area contributed by atoms with Gasteiger partial charge in [-0.1, -0.05) is 24.3 Å². The molecule has 19 heavy (non-hydrogen) atoms. The van der Waals surface area contributed by atoms with E-state index in [0.29, 0.717) is 6.54 Å².